The Kier molecular flexibility index (Phi) is 3.48. The molecule has 1 aromatic carbocycles. The number of aryl methyl sites for hydroxylation is 1. The van der Waals surface area contributed by atoms with Crippen LogP contribution in [-0.2, 0) is 20.1 Å². The molecule has 0 saturated carbocycles. The molecule has 0 aliphatic heterocycles. The van der Waals surface area contributed by atoms with Gasteiger partial charge in [0.1, 0.15) is 6.33 Å². The molecule has 0 amide bonds. The lowest BCUT2D eigenvalue weighted by molar-refractivity contribution is 0.648. The third-order valence-corrected chi connectivity index (χ3v) is 2.38. The smallest absolute Gasteiger partial charge is 0.164 e. The topological polar surface area (TPSA) is 66.5 Å². The molecule has 2 rings (SSSR count). The van der Waals surface area contributed by atoms with Crippen LogP contribution in [0.5, 0.6) is 0 Å². The zero-order chi connectivity index (χ0) is 12.1. The number of nitrogens with zero attached hydrogens (tertiary/aromatic N) is 4. The first-order valence-electron chi connectivity index (χ1n) is 5.33. The Bertz CT molecular complexity index is 538. The van der Waals surface area contributed by atoms with Crippen molar-refractivity contribution in [2.24, 2.45) is 7.05 Å². The second-order valence-electron chi connectivity index (χ2n) is 3.71. The van der Waals surface area contributed by atoms with Crippen LogP contribution in [0.25, 0.3) is 0 Å². The van der Waals surface area contributed by atoms with E-state index in [1.807, 2.05) is 31.3 Å². The second-order valence-corrected chi connectivity index (χ2v) is 3.71. The van der Waals surface area contributed by atoms with Crippen molar-refractivity contribution in [2.45, 2.75) is 13.1 Å². The number of aromatic nitrogens is 3. The standard InChI is InChI=1S/C12H13N5/c1-17-9-15-12(16-17)8-14-7-11-5-3-2-4-10(11)6-13/h2-5,9,14H,7-8H2,1H3. The van der Waals surface area contributed by atoms with Gasteiger partial charge in [0.05, 0.1) is 18.2 Å². The molecule has 5 heteroatoms. The van der Waals surface area contributed by atoms with E-state index in [-0.39, 0.29) is 0 Å². The van der Waals surface area contributed by atoms with Crippen LogP contribution in [0, 0.1) is 11.3 Å². The predicted octanol–water partition coefficient (Wildman–Crippen LogP) is 0.977. The van der Waals surface area contributed by atoms with Crippen molar-refractivity contribution in [2.75, 3.05) is 0 Å². The normalized spacial score (nSPS) is 10.1. The highest BCUT2D eigenvalue weighted by atomic mass is 15.3. The second kappa shape index (κ2) is 5.23. The van der Waals surface area contributed by atoms with Gasteiger partial charge in [0.25, 0.3) is 0 Å². The fourth-order valence-corrected chi connectivity index (χ4v) is 1.56. The van der Waals surface area contributed by atoms with E-state index in [9.17, 15) is 0 Å². The third-order valence-electron chi connectivity index (χ3n) is 2.38. The fraction of sp³-hybridized carbons (Fsp3) is 0.250. The average Bonchev–Trinajstić information content (AvgIpc) is 2.76. The van der Waals surface area contributed by atoms with Gasteiger partial charge in [-0.2, -0.15) is 10.4 Å². The number of nitriles is 1. The summed E-state index contributed by atoms with van der Waals surface area (Å²) in [5.41, 5.74) is 1.69. The maximum atomic E-state index is 8.93. The molecule has 0 fully saturated rings. The molecule has 86 valence electrons. The minimum atomic E-state index is 0.598. The molecule has 0 radical (unpaired) electrons. The molecule has 1 N–H and O–H groups in total. The van der Waals surface area contributed by atoms with Crippen molar-refractivity contribution < 1.29 is 0 Å². The van der Waals surface area contributed by atoms with Crippen LogP contribution in [0.2, 0.25) is 0 Å². The molecule has 5 nitrogen and oxygen atoms in total. The van der Waals surface area contributed by atoms with Gasteiger partial charge >= 0.3 is 0 Å². The summed E-state index contributed by atoms with van der Waals surface area (Å²) in [5, 5.41) is 16.3. The van der Waals surface area contributed by atoms with E-state index in [0.717, 1.165) is 11.4 Å². The van der Waals surface area contributed by atoms with Gasteiger partial charge in [0.2, 0.25) is 0 Å². The van der Waals surface area contributed by atoms with Crippen LogP contribution in [0.3, 0.4) is 0 Å². The molecule has 0 aliphatic rings. The molecule has 2 aromatic rings. The van der Waals surface area contributed by atoms with Crippen molar-refractivity contribution in [1.29, 1.82) is 5.26 Å². The first-order valence-corrected chi connectivity index (χ1v) is 5.33. The van der Waals surface area contributed by atoms with Crippen molar-refractivity contribution in [1.82, 2.24) is 20.1 Å². The predicted molar refractivity (Wildman–Crippen MR) is 62.7 cm³/mol. The van der Waals surface area contributed by atoms with Gasteiger partial charge in [-0.3, -0.25) is 4.68 Å². The van der Waals surface area contributed by atoms with Gasteiger partial charge in [0.15, 0.2) is 5.82 Å². The van der Waals surface area contributed by atoms with E-state index in [0.29, 0.717) is 18.7 Å². The number of rotatable bonds is 4. The number of benzene rings is 1. The quantitative estimate of drug-likeness (QED) is 0.845. The van der Waals surface area contributed by atoms with Crippen LogP contribution in [0.15, 0.2) is 30.6 Å². The van der Waals surface area contributed by atoms with Crippen molar-refractivity contribution in [3.05, 3.63) is 47.5 Å². The van der Waals surface area contributed by atoms with Crippen LogP contribution in [0.1, 0.15) is 17.0 Å². The van der Waals surface area contributed by atoms with Crippen molar-refractivity contribution >= 4 is 0 Å². The number of hydrogen-bond acceptors (Lipinski definition) is 4. The Morgan fingerprint density at radius 3 is 2.88 bits per heavy atom. The molecule has 1 aromatic heterocycles. The summed E-state index contributed by atoms with van der Waals surface area (Å²) in [5.74, 6) is 0.752. The van der Waals surface area contributed by atoms with Gasteiger partial charge in [-0.1, -0.05) is 18.2 Å². The Morgan fingerprint density at radius 1 is 1.35 bits per heavy atom. The molecular formula is C12H13N5. The van der Waals surface area contributed by atoms with Crippen molar-refractivity contribution in [3.8, 4) is 6.07 Å². The molecule has 0 aliphatic carbocycles. The summed E-state index contributed by atoms with van der Waals surface area (Å²) in [7, 11) is 1.83. The summed E-state index contributed by atoms with van der Waals surface area (Å²) in [6.07, 6.45) is 1.67. The number of hydrogen-bond donors (Lipinski definition) is 1. The van der Waals surface area contributed by atoms with Gasteiger partial charge in [-0.05, 0) is 11.6 Å². The summed E-state index contributed by atoms with van der Waals surface area (Å²) < 4.78 is 1.67. The van der Waals surface area contributed by atoms with Crippen LogP contribution < -0.4 is 5.32 Å². The molecule has 17 heavy (non-hydrogen) atoms. The van der Waals surface area contributed by atoms with Gasteiger partial charge in [-0.15, -0.1) is 0 Å². The average molecular weight is 227 g/mol. The Labute approximate surface area is 99.7 Å². The summed E-state index contributed by atoms with van der Waals surface area (Å²) in [6, 6.07) is 9.72. The molecule has 0 atom stereocenters. The molecule has 0 unspecified atom stereocenters. The van der Waals surface area contributed by atoms with E-state index in [1.54, 1.807) is 11.0 Å². The summed E-state index contributed by atoms with van der Waals surface area (Å²) in [6.45, 7) is 1.24. The van der Waals surface area contributed by atoms with E-state index in [4.69, 9.17) is 5.26 Å². The summed E-state index contributed by atoms with van der Waals surface area (Å²) >= 11 is 0. The highest BCUT2D eigenvalue weighted by Gasteiger charge is 2.01. The van der Waals surface area contributed by atoms with Gasteiger partial charge in [0, 0.05) is 13.6 Å². The minimum Gasteiger partial charge on any atom is -0.306 e. The van der Waals surface area contributed by atoms with E-state index in [2.05, 4.69) is 21.5 Å². The zero-order valence-electron chi connectivity index (χ0n) is 9.59. The van der Waals surface area contributed by atoms with Crippen LogP contribution >= 0.6 is 0 Å². The van der Waals surface area contributed by atoms with Gasteiger partial charge < -0.3 is 5.32 Å². The molecule has 0 bridgehead atoms. The van der Waals surface area contributed by atoms with E-state index >= 15 is 0 Å². The van der Waals surface area contributed by atoms with E-state index in [1.165, 1.54) is 0 Å². The Balaban J connectivity index is 1.92. The summed E-state index contributed by atoms with van der Waals surface area (Å²) in [4.78, 5) is 4.11. The fourth-order valence-electron chi connectivity index (χ4n) is 1.56. The van der Waals surface area contributed by atoms with Gasteiger partial charge in [-0.25, -0.2) is 4.98 Å². The van der Waals surface area contributed by atoms with Crippen molar-refractivity contribution in [3.63, 3.8) is 0 Å². The molecule has 0 saturated heterocycles. The zero-order valence-corrected chi connectivity index (χ0v) is 9.59. The Morgan fingerprint density at radius 2 is 2.18 bits per heavy atom. The lowest BCUT2D eigenvalue weighted by Gasteiger charge is -2.04. The largest absolute Gasteiger partial charge is 0.306 e. The number of nitrogens with one attached hydrogen (secondary N) is 1. The maximum Gasteiger partial charge on any atom is 0.164 e. The highest BCUT2D eigenvalue weighted by Crippen LogP contribution is 2.06. The van der Waals surface area contributed by atoms with Crippen LogP contribution in [-0.4, -0.2) is 14.8 Å². The monoisotopic (exact) mass is 227 g/mol. The lowest BCUT2D eigenvalue weighted by atomic mass is 10.1. The molecular weight excluding hydrogens is 214 g/mol. The highest BCUT2D eigenvalue weighted by molar-refractivity contribution is 5.37. The van der Waals surface area contributed by atoms with Crippen LogP contribution in [0.4, 0.5) is 0 Å². The third kappa shape index (κ3) is 2.89. The Hall–Kier alpha value is -2.19. The molecule has 0 spiro atoms. The first kappa shape index (κ1) is 11.3. The van der Waals surface area contributed by atoms with E-state index < -0.39 is 0 Å². The first-order chi connectivity index (χ1) is 8.29. The lowest BCUT2D eigenvalue weighted by Crippen LogP contribution is -2.14. The minimum absolute atomic E-state index is 0.598. The maximum absolute atomic E-state index is 8.93. The molecule has 1 heterocycles. The SMILES string of the molecule is Cn1cnc(CNCc2ccccc2C#N)n1.